The van der Waals surface area contributed by atoms with Gasteiger partial charge in [0.05, 0.1) is 18.0 Å². The number of fused-ring (bicyclic) bond motifs is 1. The second-order valence-electron chi connectivity index (χ2n) is 8.99. The number of rotatable bonds is 4. The highest BCUT2D eigenvalue weighted by Gasteiger charge is 2.38. The fourth-order valence-corrected chi connectivity index (χ4v) is 4.83. The molecule has 10 heteroatoms. The molecule has 2 N–H and O–H groups in total. The standard InChI is InChI=1S/C25H21F3N6O/c1-32-21(17-6-2-13(26)8-19(17)27)11-34(25(32)35)15-5-7-16(20(28)9-15)18-10-33(14-3-4-14)24-22(18)23(29)30-12-31-24/h2,5-10,12,14,21H,3-4,11H2,1H3,(H2,29,30,31). The zero-order chi connectivity index (χ0) is 24.4. The van der Waals surface area contributed by atoms with Crippen LogP contribution in [0.4, 0.5) is 29.5 Å². The van der Waals surface area contributed by atoms with E-state index in [9.17, 15) is 13.6 Å². The first-order valence-corrected chi connectivity index (χ1v) is 11.2. The van der Waals surface area contributed by atoms with E-state index in [2.05, 4.69) is 9.97 Å². The van der Waals surface area contributed by atoms with Crippen molar-refractivity contribution in [2.24, 2.45) is 0 Å². The van der Waals surface area contributed by atoms with Crippen LogP contribution in [0.25, 0.3) is 22.2 Å². The Morgan fingerprint density at radius 1 is 1.00 bits per heavy atom. The molecule has 1 saturated heterocycles. The highest BCUT2D eigenvalue weighted by atomic mass is 19.1. The number of likely N-dealkylation sites (N-methyl/N-ethyl adjacent to an activating group) is 1. The number of anilines is 2. The molecule has 1 unspecified atom stereocenters. The van der Waals surface area contributed by atoms with Gasteiger partial charge in [0.1, 0.15) is 35.2 Å². The Labute approximate surface area is 198 Å². The first kappa shape index (κ1) is 21.5. The Hall–Kier alpha value is -4.08. The van der Waals surface area contributed by atoms with Gasteiger partial charge in [-0.15, -0.1) is 0 Å². The minimum Gasteiger partial charge on any atom is -0.383 e. The summed E-state index contributed by atoms with van der Waals surface area (Å²) in [6.07, 6.45) is 5.30. The van der Waals surface area contributed by atoms with Crippen molar-refractivity contribution in [1.29, 1.82) is 0 Å². The van der Waals surface area contributed by atoms with E-state index in [-0.39, 0.29) is 17.9 Å². The Morgan fingerprint density at radius 2 is 1.80 bits per heavy atom. The SMILES string of the molecule is CN1C(=O)N(c2ccc(-c3cn(C4CC4)c4ncnc(N)c34)c(F)c2)CC1c1ccc(F)cc1F. The third kappa shape index (κ3) is 3.39. The predicted octanol–water partition coefficient (Wildman–Crippen LogP) is 5.05. The molecule has 2 aliphatic rings. The molecule has 2 amide bonds. The molecule has 0 bridgehead atoms. The molecule has 0 spiro atoms. The van der Waals surface area contributed by atoms with E-state index in [1.807, 2.05) is 10.8 Å². The summed E-state index contributed by atoms with van der Waals surface area (Å²) in [6, 6.07) is 7.06. The molecule has 2 aromatic carbocycles. The lowest BCUT2D eigenvalue weighted by Gasteiger charge is -2.18. The van der Waals surface area contributed by atoms with Crippen molar-refractivity contribution in [3.05, 3.63) is 71.9 Å². The van der Waals surface area contributed by atoms with Gasteiger partial charge in [-0.25, -0.2) is 27.9 Å². The van der Waals surface area contributed by atoms with Crippen molar-refractivity contribution < 1.29 is 18.0 Å². The largest absolute Gasteiger partial charge is 0.383 e. The molecule has 7 nitrogen and oxygen atoms in total. The van der Waals surface area contributed by atoms with Gasteiger partial charge in [0, 0.05) is 47.7 Å². The van der Waals surface area contributed by atoms with Crippen molar-refractivity contribution in [1.82, 2.24) is 19.4 Å². The number of carbonyl (C=O) groups excluding carboxylic acids is 1. The Balaban J connectivity index is 1.37. The van der Waals surface area contributed by atoms with E-state index < -0.39 is 29.5 Å². The van der Waals surface area contributed by atoms with Gasteiger partial charge in [-0.1, -0.05) is 6.07 Å². The molecule has 6 rings (SSSR count). The summed E-state index contributed by atoms with van der Waals surface area (Å²) in [4.78, 5) is 24.1. The fraction of sp³-hybridized carbons (Fsp3) is 0.240. The summed E-state index contributed by atoms with van der Waals surface area (Å²) in [5.74, 6) is -1.69. The number of nitrogens with zero attached hydrogens (tertiary/aromatic N) is 5. The van der Waals surface area contributed by atoms with Gasteiger partial charge >= 0.3 is 6.03 Å². The molecule has 0 radical (unpaired) electrons. The molecule has 3 heterocycles. The van der Waals surface area contributed by atoms with Crippen LogP contribution in [0, 0.1) is 17.5 Å². The third-order valence-corrected chi connectivity index (χ3v) is 6.81. The number of nitrogens with two attached hydrogens (primary N) is 1. The number of aromatic nitrogens is 3. The first-order chi connectivity index (χ1) is 16.8. The summed E-state index contributed by atoms with van der Waals surface area (Å²) in [6.45, 7) is 0.0957. The highest BCUT2D eigenvalue weighted by Crippen LogP contribution is 2.43. The number of halogens is 3. The van der Waals surface area contributed by atoms with Gasteiger partial charge in [-0.05, 0) is 37.1 Å². The number of amides is 2. The Kier molecular flexibility index (Phi) is 4.73. The van der Waals surface area contributed by atoms with Crippen molar-refractivity contribution >= 4 is 28.6 Å². The van der Waals surface area contributed by atoms with Crippen LogP contribution in [0.1, 0.15) is 30.5 Å². The van der Waals surface area contributed by atoms with Crippen molar-refractivity contribution in [3.63, 3.8) is 0 Å². The number of hydrogen-bond donors (Lipinski definition) is 1. The molecule has 1 aliphatic heterocycles. The average Bonchev–Trinajstić information content (AvgIpc) is 3.53. The number of carbonyl (C=O) groups is 1. The lowest BCUT2D eigenvalue weighted by Crippen LogP contribution is -2.29. The lowest BCUT2D eigenvalue weighted by molar-refractivity contribution is 0.218. The Morgan fingerprint density at radius 3 is 2.51 bits per heavy atom. The molecule has 1 aliphatic carbocycles. The molecule has 2 fully saturated rings. The smallest absolute Gasteiger partial charge is 0.324 e. The van der Waals surface area contributed by atoms with Gasteiger partial charge in [0.25, 0.3) is 0 Å². The van der Waals surface area contributed by atoms with E-state index in [1.54, 1.807) is 12.1 Å². The van der Waals surface area contributed by atoms with Crippen LogP contribution in [0.5, 0.6) is 0 Å². The van der Waals surface area contributed by atoms with Gasteiger partial charge in [-0.2, -0.15) is 0 Å². The summed E-state index contributed by atoms with van der Waals surface area (Å²) in [5.41, 5.74) is 8.24. The maximum Gasteiger partial charge on any atom is 0.324 e. The van der Waals surface area contributed by atoms with Crippen LogP contribution in [0.15, 0.2) is 48.9 Å². The van der Waals surface area contributed by atoms with E-state index in [1.165, 1.54) is 35.3 Å². The predicted molar refractivity (Wildman–Crippen MR) is 125 cm³/mol. The van der Waals surface area contributed by atoms with E-state index >= 15 is 4.39 Å². The summed E-state index contributed by atoms with van der Waals surface area (Å²) in [7, 11) is 1.54. The van der Waals surface area contributed by atoms with Crippen LogP contribution < -0.4 is 10.6 Å². The number of urea groups is 1. The van der Waals surface area contributed by atoms with Crippen molar-refractivity contribution in [2.45, 2.75) is 24.9 Å². The maximum absolute atomic E-state index is 15.5. The second kappa shape index (κ2) is 7.72. The van der Waals surface area contributed by atoms with Crippen molar-refractivity contribution in [3.8, 4) is 11.1 Å². The first-order valence-electron chi connectivity index (χ1n) is 11.2. The minimum absolute atomic E-state index is 0.0957. The summed E-state index contributed by atoms with van der Waals surface area (Å²) < 4.78 is 45.2. The number of nitrogen functional groups attached to an aromatic ring is 1. The van der Waals surface area contributed by atoms with Gasteiger partial charge in [0.2, 0.25) is 0 Å². The topological polar surface area (TPSA) is 80.3 Å². The van der Waals surface area contributed by atoms with E-state index in [0.717, 1.165) is 25.0 Å². The summed E-state index contributed by atoms with van der Waals surface area (Å²) in [5, 5.41) is 0.592. The minimum atomic E-state index is -0.732. The molecular weight excluding hydrogens is 457 g/mol. The van der Waals surface area contributed by atoms with Crippen LogP contribution >= 0.6 is 0 Å². The molecule has 2 aromatic heterocycles. The molecule has 35 heavy (non-hydrogen) atoms. The van der Waals surface area contributed by atoms with Crippen LogP contribution in [0.3, 0.4) is 0 Å². The van der Waals surface area contributed by atoms with Crippen molar-refractivity contribution in [2.75, 3.05) is 24.2 Å². The van der Waals surface area contributed by atoms with E-state index in [0.29, 0.717) is 33.9 Å². The quantitative estimate of drug-likeness (QED) is 0.445. The number of benzene rings is 2. The number of hydrogen-bond acceptors (Lipinski definition) is 4. The molecule has 1 saturated carbocycles. The van der Waals surface area contributed by atoms with Crippen LogP contribution in [-0.2, 0) is 0 Å². The molecule has 1 atom stereocenters. The molecule has 4 aromatic rings. The maximum atomic E-state index is 15.5. The van der Waals surface area contributed by atoms with Gasteiger partial charge in [-0.3, -0.25) is 4.90 Å². The Bertz CT molecular complexity index is 1500. The zero-order valence-electron chi connectivity index (χ0n) is 18.8. The zero-order valence-corrected chi connectivity index (χ0v) is 18.8. The van der Waals surface area contributed by atoms with E-state index in [4.69, 9.17) is 5.73 Å². The average molecular weight is 478 g/mol. The molecule has 178 valence electrons. The summed E-state index contributed by atoms with van der Waals surface area (Å²) >= 11 is 0. The highest BCUT2D eigenvalue weighted by molar-refractivity contribution is 6.01. The monoisotopic (exact) mass is 478 g/mol. The molecular formula is C25H21F3N6O. The van der Waals surface area contributed by atoms with Gasteiger partial charge in [0.15, 0.2) is 0 Å². The lowest BCUT2D eigenvalue weighted by atomic mass is 10.0. The van der Waals surface area contributed by atoms with Gasteiger partial charge < -0.3 is 15.2 Å². The third-order valence-electron chi connectivity index (χ3n) is 6.81. The van der Waals surface area contributed by atoms with Crippen LogP contribution in [-0.4, -0.2) is 39.1 Å². The normalized spacial score (nSPS) is 18.2. The van der Waals surface area contributed by atoms with Crippen LogP contribution in [0.2, 0.25) is 0 Å². The second-order valence-corrected chi connectivity index (χ2v) is 8.99. The fourth-order valence-electron chi connectivity index (χ4n) is 4.83.